The largest absolute Gasteiger partial charge is 0.310 e. The first-order valence-electron chi connectivity index (χ1n) is 7.02. The Kier molecular flexibility index (Phi) is 2.74. The minimum atomic E-state index is 0.687. The van der Waals surface area contributed by atoms with Crippen LogP contribution in [-0.4, -0.2) is 20.8 Å². The zero-order chi connectivity index (χ0) is 13.4. The van der Waals surface area contributed by atoms with E-state index in [1.165, 1.54) is 23.8 Å². The van der Waals surface area contributed by atoms with Crippen molar-refractivity contribution >= 4 is 10.9 Å². The van der Waals surface area contributed by atoms with Crippen molar-refractivity contribution in [1.82, 2.24) is 20.1 Å². The van der Waals surface area contributed by atoms with Crippen molar-refractivity contribution in [1.29, 1.82) is 0 Å². The number of aromatic nitrogens is 3. The fourth-order valence-electron chi connectivity index (χ4n) is 2.41. The minimum Gasteiger partial charge on any atom is -0.310 e. The molecule has 4 rings (SSSR count). The van der Waals surface area contributed by atoms with Crippen molar-refractivity contribution in [3.05, 3.63) is 54.4 Å². The summed E-state index contributed by atoms with van der Waals surface area (Å²) in [5.41, 5.74) is 2.20. The van der Waals surface area contributed by atoms with Crippen LogP contribution in [0.15, 0.2) is 48.8 Å². The molecule has 1 aliphatic rings. The number of para-hydroxylation sites is 1. The SMILES string of the molecule is c1ccc2nc(-n3cccn3)c(CNC3CC3)cc2c1. The zero-order valence-corrected chi connectivity index (χ0v) is 11.2. The van der Waals surface area contributed by atoms with Gasteiger partial charge in [0.1, 0.15) is 0 Å². The molecule has 1 N–H and O–H groups in total. The van der Waals surface area contributed by atoms with Crippen LogP contribution in [0.3, 0.4) is 0 Å². The standard InChI is InChI=1S/C16H16N4/c1-2-5-15-12(4-1)10-13(11-17-14-6-7-14)16(19-15)20-9-3-8-18-20/h1-5,8-10,14,17H,6-7,11H2. The van der Waals surface area contributed by atoms with Crippen LogP contribution in [0.1, 0.15) is 18.4 Å². The van der Waals surface area contributed by atoms with Crippen molar-refractivity contribution in [2.75, 3.05) is 0 Å². The Hall–Kier alpha value is -2.20. The topological polar surface area (TPSA) is 42.7 Å². The van der Waals surface area contributed by atoms with Gasteiger partial charge in [0.2, 0.25) is 0 Å². The third-order valence-corrected chi connectivity index (χ3v) is 3.66. The highest BCUT2D eigenvalue weighted by Crippen LogP contribution is 2.22. The molecule has 1 fully saturated rings. The second-order valence-electron chi connectivity index (χ2n) is 5.27. The molecular formula is C16H16N4. The first-order chi connectivity index (χ1) is 9.90. The maximum absolute atomic E-state index is 4.78. The predicted molar refractivity (Wildman–Crippen MR) is 78.7 cm³/mol. The molecule has 0 aliphatic heterocycles. The quantitative estimate of drug-likeness (QED) is 0.788. The van der Waals surface area contributed by atoms with E-state index in [4.69, 9.17) is 4.98 Å². The van der Waals surface area contributed by atoms with Gasteiger partial charge in [0.05, 0.1) is 5.52 Å². The van der Waals surface area contributed by atoms with Crippen LogP contribution in [-0.2, 0) is 6.54 Å². The molecule has 2 aromatic heterocycles. The highest BCUT2D eigenvalue weighted by Gasteiger charge is 2.21. The fourth-order valence-corrected chi connectivity index (χ4v) is 2.41. The minimum absolute atomic E-state index is 0.687. The first kappa shape index (κ1) is 11.6. The van der Waals surface area contributed by atoms with E-state index in [1.54, 1.807) is 6.20 Å². The Balaban J connectivity index is 1.81. The summed E-state index contributed by atoms with van der Waals surface area (Å²) >= 11 is 0. The highest BCUT2D eigenvalue weighted by atomic mass is 15.3. The Morgan fingerprint density at radius 2 is 2.10 bits per heavy atom. The number of nitrogens with one attached hydrogen (secondary N) is 1. The van der Waals surface area contributed by atoms with E-state index in [2.05, 4.69) is 28.6 Å². The summed E-state index contributed by atoms with van der Waals surface area (Å²) in [5.74, 6) is 0.918. The van der Waals surface area contributed by atoms with E-state index >= 15 is 0 Å². The van der Waals surface area contributed by atoms with Crippen molar-refractivity contribution in [3.63, 3.8) is 0 Å². The predicted octanol–water partition coefficient (Wildman–Crippen LogP) is 2.67. The van der Waals surface area contributed by atoms with Crippen LogP contribution in [0.4, 0.5) is 0 Å². The third kappa shape index (κ3) is 2.18. The third-order valence-electron chi connectivity index (χ3n) is 3.66. The normalized spacial score (nSPS) is 14.8. The monoisotopic (exact) mass is 264 g/mol. The van der Waals surface area contributed by atoms with Gasteiger partial charge < -0.3 is 5.32 Å². The lowest BCUT2D eigenvalue weighted by Crippen LogP contribution is -2.17. The Morgan fingerprint density at radius 1 is 1.20 bits per heavy atom. The number of hydrogen-bond donors (Lipinski definition) is 1. The van der Waals surface area contributed by atoms with Crippen LogP contribution in [0, 0.1) is 0 Å². The van der Waals surface area contributed by atoms with Crippen molar-refractivity contribution in [3.8, 4) is 5.82 Å². The van der Waals surface area contributed by atoms with E-state index in [1.807, 2.05) is 29.1 Å². The molecule has 0 spiro atoms. The van der Waals surface area contributed by atoms with Crippen LogP contribution in [0.2, 0.25) is 0 Å². The Bertz CT molecular complexity index is 729. The summed E-state index contributed by atoms with van der Waals surface area (Å²) in [6.45, 7) is 0.845. The van der Waals surface area contributed by atoms with Crippen LogP contribution < -0.4 is 5.32 Å². The van der Waals surface area contributed by atoms with Crippen LogP contribution >= 0.6 is 0 Å². The summed E-state index contributed by atoms with van der Waals surface area (Å²) in [6.07, 6.45) is 6.31. The molecule has 3 aromatic rings. The molecule has 0 bridgehead atoms. The molecule has 1 aliphatic carbocycles. The number of benzene rings is 1. The van der Waals surface area contributed by atoms with Gasteiger partial charge in [-0.05, 0) is 31.0 Å². The molecular weight excluding hydrogens is 248 g/mol. The number of hydrogen-bond acceptors (Lipinski definition) is 3. The van der Waals surface area contributed by atoms with Crippen molar-refractivity contribution in [2.24, 2.45) is 0 Å². The van der Waals surface area contributed by atoms with Gasteiger partial charge in [-0.15, -0.1) is 0 Å². The van der Waals surface area contributed by atoms with Crippen LogP contribution in [0.25, 0.3) is 16.7 Å². The van der Waals surface area contributed by atoms with E-state index in [-0.39, 0.29) is 0 Å². The lowest BCUT2D eigenvalue weighted by molar-refractivity contribution is 0.678. The molecule has 0 atom stereocenters. The lowest BCUT2D eigenvalue weighted by Gasteiger charge is -2.11. The molecule has 1 aromatic carbocycles. The van der Waals surface area contributed by atoms with Gasteiger partial charge in [-0.25, -0.2) is 9.67 Å². The number of pyridine rings is 1. The average molecular weight is 264 g/mol. The maximum Gasteiger partial charge on any atom is 0.158 e. The summed E-state index contributed by atoms with van der Waals surface area (Å²) in [5, 5.41) is 9.06. The molecule has 20 heavy (non-hydrogen) atoms. The molecule has 4 heteroatoms. The van der Waals surface area contributed by atoms with E-state index in [0.717, 1.165) is 17.9 Å². The Morgan fingerprint density at radius 3 is 2.90 bits per heavy atom. The molecule has 0 unspecified atom stereocenters. The molecule has 4 nitrogen and oxygen atoms in total. The van der Waals surface area contributed by atoms with Gasteiger partial charge in [0.25, 0.3) is 0 Å². The van der Waals surface area contributed by atoms with Gasteiger partial charge in [-0.1, -0.05) is 18.2 Å². The lowest BCUT2D eigenvalue weighted by atomic mass is 10.1. The average Bonchev–Trinajstić information content (AvgIpc) is 3.16. The first-order valence-corrected chi connectivity index (χ1v) is 7.02. The molecule has 0 amide bonds. The number of nitrogens with zero attached hydrogens (tertiary/aromatic N) is 3. The number of fused-ring (bicyclic) bond motifs is 1. The second-order valence-corrected chi connectivity index (χ2v) is 5.27. The van der Waals surface area contributed by atoms with E-state index in [9.17, 15) is 0 Å². The van der Waals surface area contributed by atoms with E-state index in [0.29, 0.717) is 6.04 Å². The van der Waals surface area contributed by atoms with Crippen molar-refractivity contribution < 1.29 is 0 Å². The van der Waals surface area contributed by atoms with Gasteiger partial charge in [-0.3, -0.25) is 0 Å². The molecule has 0 saturated heterocycles. The van der Waals surface area contributed by atoms with Gasteiger partial charge in [-0.2, -0.15) is 5.10 Å². The summed E-state index contributed by atoms with van der Waals surface area (Å²) in [7, 11) is 0. The van der Waals surface area contributed by atoms with Crippen molar-refractivity contribution in [2.45, 2.75) is 25.4 Å². The smallest absolute Gasteiger partial charge is 0.158 e. The number of rotatable bonds is 4. The Labute approximate surface area is 117 Å². The second kappa shape index (κ2) is 4.72. The van der Waals surface area contributed by atoms with Crippen LogP contribution in [0.5, 0.6) is 0 Å². The summed E-state index contributed by atoms with van der Waals surface area (Å²) in [4.78, 5) is 4.78. The van der Waals surface area contributed by atoms with Gasteiger partial charge >= 0.3 is 0 Å². The summed E-state index contributed by atoms with van der Waals surface area (Å²) < 4.78 is 1.84. The molecule has 1 saturated carbocycles. The maximum atomic E-state index is 4.78. The van der Waals surface area contributed by atoms with Gasteiger partial charge in [0, 0.05) is 35.9 Å². The molecule has 100 valence electrons. The van der Waals surface area contributed by atoms with Gasteiger partial charge in [0.15, 0.2) is 5.82 Å². The fraction of sp³-hybridized carbons (Fsp3) is 0.250. The zero-order valence-electron chi connectivity index (χ0n) is 11.2. The molecule has 0 radical (unpaired) electrons. The summed E-state index contributed by atoms with van der Waals surface area (Å²) in [6, 6.07) is 13.0. The van der Waals surface area contributed by atoms with E-state index < -0.39 is 0 Å². The highest BCUT2D eigenvalue weighted by molar-refractivity contribution is 5.80. The molecule has 2 heterocycles.